The maximum atomic E-state index is 13.3. The van der Waals surface area contributed by atoms with Crippen LogP contribution < -0.4 is 4.74 Å². The standard InChI is InChI=1S/C11H8BrFO2/c1-14-11-6-8(12)9(13)5-7(11)10-3-2-4-15-10/h2-6H,1H3. The van der Waals surface area contributed by atoms with Crippen LogP contribution in [0.25, 0.3) is 11.3 Å². The minimum atomic E-state index is -0.345. The van der Waals surface area contributed by atoms with Crippen molar-refractivity contribution < 1.29 is 13.5 Å². The van der Waals surface area contributed by atoms with Crippen molar-refractivity contribution in [1.82, 2.24) is 0 Å². The zero-order valence-electron chi connectivity index (χ0n) is 7.96. The second-order valence-corrected chi connectivity index (χ2v) is 3.80. The maximum Gasteiger partial charge on any atom is 0.138 e. The second kappa shape index (κ2) is 4.06. The van der Waals surface area contributed by atoms with Crippen LogP contribution in [0.5, 0.6) is 5.75 Å². The van der Waals surface area contributed by atoms with Crippen molar-refractivity contribution in [3.05, 3.63) is 40.8 Å². The van der Waals surface area contributed by atoms with Gasteiger partial charge in [0.25, 0.3) is 0 Å². The molecule has 2 aromatic rings. The fourth-order valence-electron chi connectivity index (χ4n) is 1.32. The third kappa shape index (κ3) is 1.90. The molecule has 0 bridgehead atoms. The van der Waals surface area contributed by atoms with Crippen molar-refractivity contribution in [1.29, 1.82) is 0 Å². The van der Waals surface area contributed by atoms with Crippen molar-refractivity contribution in [2.45, 2.75) is 0 Å². The first-order chi connectivity index (χ1) is 7.22. The maximum absolute atomic E-state index is 13.3. The molecule has 1 aromatic carbocycles. The lowest BCUT2D eigenvalue weighted by Gasteiger charge is -2.07. The van der Waals surface area contributed by atoms with Gasteiger partial charge in [-0.2, -0.15) is 0 Å². The van der Waals surface area contributed by atoms with Crippen LogP contribution in [-0.2, 0) is 0 Å². The summed E-state index contributed by atoms with van der Waals surface area (Å²) < 4.78 is 24.1. The van der Waals surface area contributed by atoms with Gasteiger partial charge in [0.15, 0.2) is 0 Å². The van der Waals surface area contributed by atoms with E-state index in [4.69, 9.17) is 9.15 Å². The van der Waals surface area contributed by atoms with Crippen LogP contribution in [0.4, 0.5) is 4.39 Å². The van der Waals surface area contributed by atoms with Gasteiger partial charge >= 0.3 is 0 Å². The van der Waals surface area contributed by atoms with Gasteiger partial charge in [-0.1, -0.05) is 0 Å². The monoisotopic (exact) mass is 270 g/mol. The van der Waals surface area contributed by atoms with Gasteiger partial charge in [0.1, 0.15) is 17.3 Å². The van der Waals surface area contributed by atoms with Crippen LogP contribution >= 0.6 is 15.9 Å². The topological polar surface area (TPSA) is 22.4 Å². The van der Waals surface area contributed by atoms with E-state index in [9.17, 15) is 4.39 Å². The van der Waals surface area contributed by atoms with E-state index in [0.29, 0.717) is 21.5 Å². The van der Waals surface area contributed by atoms with E-state index in [1.54, 1.807) is 18.2 Å². The fourth-order valence-corrected chi connectivity index (χ4v) is 1.64. The number of halogens is 2. The Balaban J connectivity index is 2.60. The largest absolute Gasteiger partial charge is 0.496 e. The quantitative estimate of drug-likeness (QED) is 0.827. The van der Waals surface area contributed by atoms with E-state index in [0.717, 1.165) is 0 Å². The van der Waals surface area contributed by atoms with Gasteiger partial charge in [0, 0.05) is 0 Å². The Kier molecular flexibility index (Phi) is 2.77. The normalized spacial score (nSPS) is 10.3. The van der Waals surface area contributed by atoms with Gasteiger partial charge < -0.3 is 9.15 Å². The third-order valence-electron chi connectivity index (χ3n) is 2.03. The average molecular weight is 271 g/mol. The summed E-state index contributed by atoms with van der Waals surface area (Å²) in [7, 11) is 1.53. The number of furan rings is 1. The molecular formula is C11H8BrFO2. The summed E-state index contributed by atoms with van der Waals surface area (Å²) in [5.41, 5.74) is 0.600. The minimum Gasteiger partial charge on any atom is -0.496 e. The summed E-state index contributed by atoms with van der Waals surface area (Å²) in [5, 5.41) is 0. The number of benzene rings is 1. The highest BCUT2D eigenvalue weighted by molar-refractivity contribution is 9.10. The van der Waals surface area contributed by atoms with Gasteiger partial charge in [-0.05, 0) is 40.2 Å². The first-order valence-corrected chi connectivity index (χ1v) is 5.08. The Morgan fingerprint density at radius 3 is 2.80 bits per heavy atom. The molecule has 0 aliphatic rings. The molecule has 0 amide bonds. The number of methoxy groups -OCH3 is 1. The lowest BCUT2D eigenvalue weighted by molar-refractivity contribution is 0.413. The van der Waals surface area contributed by atoms with Gasteiger partial charge in [0.05, 0.1) is 23.4 Å². The summed E-state index contributed by atoms with van der Waals surface area (Å²) >= 11 is 3.10. The van der Waals surface area contributed by atoms with E-state index in [-0.39, 0.29) is 5.82 Å². The van der Waals surface area contributed by atoms with Crippen molar-refractivity contribution in [3.63, 3.8) is 0 Å². The molecule has 78 valence electrons. The highest BCUT2D eigenvalue weighted by atomic mass is 79.9. The highest BCUT2D eigenvalue weighted by Gasteiger charge is 2.12. The second-order valence-electron chi connectivity index (χ2n) is 2.94. The summed E-state index contributed by atoms with van der Waals surface area (Å²) in [6, 6.07) is 6.45. The number of hydrogen-bond acceptors (Lipinski definition) is 2. The lowest BCUT2D eigenvalue weighted by atomic mass is 10.1. The zero-order valence-corrected chi connectivity index (χ0v) is 9.55. The smallest absolute Gasteiger partial charge is 0.138 e. The Morgan fingerprint density at radius 1 is 1.40 bits per heavy atom. The number of rotatable bonds is 2. The van der Waals surface area contributed by atoms with E-state index in [2.05, 4.69) is 15.9 Å². The third-order valence-corrected chi connectivity index (χ3v) is 2.64. The van der Waals surface area contributed by atoms with E-state index in [1.165, 1.54) is 19.4 Å². The highest BCUT2D eigenvalue weighted by Crippen LogP contribution is 2.34. The van der Waals surface area contributed by atoms with E-state index < -0.39 is 0 Å². The Morgan fingerprint density at radius 2 is 2.20 bits per heavy atom. The molecule has 4 heteroatoms. The average Bonchev–Trinajstić information content (AvgIpc) is 2.74. The molecular weight excluding hydrogens is 263 g/mol. The number of ether oxygens (including phenoxy) is 1. The molecule has 0 N–H and O–H groups in total. The van der Waals surface area contributed by atoms with Crippen molar-refractivity contribution >= 4 is 15.9 Å². The first-order valence-electron chi connectivity index (χ1n) is 4.29. The number of hydrogen-bond donors (Lipinski definition) is 0. The minimum absolute atomic E-state index is 0.345. The Bertz CT molecular complexity index is 466. The van der Waals surface area contributed by atoms with Gasteiger partial charge in [-0.15, -0.1) is 0 Å². The van der Waals surface area contributed by atoms with Gasteiger partial charge in [0.2, 0.25) is 0 Å². The summed E-state index contributed by atoms with van der Waals surface area (Å²) in [6.07, 6.45) is 1.54. The molecule has 0 saturated carbocycles. The van der Waals surface area contributed by atoms with Gasteiger partial charge in [-0.25, -0.2) is 4.39 Å². The van der Waals surface area contributed by atoms with Crippen LogP contribution in [0.1, 0.15) is 0 Å². The van der Waals surface area contributed by atoms with Crippen molar-refractivity contribution in [3.8, 4) is 17.1 Å². The first kappa shape index (κ1) is 10.2. The zero-order chi connectivity index (χ0) is 10.8. The molecule has 0 aliphatic carbocycles. The van der Waals surface area contributed by atoms with Crippen molar-refractivity contribution in [2.75, 3.05) is 7.11 Å². The molecule has 2 nitrogen and oxygen atoms in total. The van der Waals surface area contributed by atoms with Crippen LogP contribution in [0, 0.1) is 5.82 Å². The summed E-state index contributed by atoms with van der Waals surface area (Å²) in [6.45, 7) is 0. The Labute approximate surface area is 94.8 Å². The molecule has 0 aliphatic heterocycles. The Hall–Kier alpha value is -1.29. The van der Waals surface area contributed by atoms with Crippen LogP contribution in [0.2, 0.25) is 0 Å². The van der Waals surface area contributed by atoms with Crippen LogP contribution in [-0.4, -0.2) is 7.11 Å². The molecule has 1 heterocycles. The van der Waals surface area contributed by atoms with Crippen molar-refractivity contribution in [2.24, 2.45) is 0 Å². The predicted octanol–water partition coefficient (Wildman–Crippen LogP) is 3.86. The summed E-state index contributed by atoms with van der Waals surface area (Å²) in [5.74, 6) is 0.804. The van der Waals surface area contributed by atoms with Crippen LogP contribution in [0.15, 0.2) is 39.4 Å². The molecule has 1 aromatic heterocycles. The molecule has 15 heavy (non-hydrogen) atoms. The lowest BCUT2D eigenvalue weighted by Crippen LogP contribution is -1.89. The summed E-state index contributed by atoms with van der Waals surface area (Å²) in [4.78, 5) is 0. The van der Waals surface area contributed by atoms with E-state index >= 15 is 0 Å². The molecule has 0 unspecified atom stereocenters. The molecule has 0 fully saturated rings. The van der Waals surface area contributed by atoms with E-state index in [1.807, 2.05) is 0 Å². The molecule has 0 saturated heterocycles. The van der Waals surface area contributed by atoms with Crippen LogP contribution in [0.3, 0.4) is 0 Å². The van der Waals surface area contributed by atoms with Gasteiger partial charge in [-0.3, -0.25) is 0 Å². The predicted molar refractivity (Wildman–Crippen MR) is 58.4 cm³/mol. The SMILES string of the molecule is COc1cc(Br)c(F)cc1-c1ccco1. The fraction of sp³-hybridized carbons (Fsp3) is 0.0909. The molecule has 2 rings (SSSR count). The molecule has 0 spiro atoms. The molecule has 0 atom stereocenters. The molecule has 0 radical (unpaired) electrons.